The van der Waals surface area contributed by atoms with Crippen LogP contribution in [0.1, 0.15) is 37.9 Å². The number of benzene rings is 1. The Morgan fingerprint density at radius 1 is 1.43 bits per heavy atom. The molecule has 0 N–H and O–H groups in total. The Bertz CT molecular complexity index is 737. The lowest BCUT2D eigenvalue weighted by atomic mass is 10.1. The van der Waals surface area contributed by atoms with Crippen LogP contribution in [0, 0.1) is 0 Å². The molecule has 2 heterocycles. The van der Waals surface area contributed by atoms with Crippen LogP contribution in [-0.4, -0.2) is 33.4 Å². The van der Waals surface area contributed by atoms with Gasteiger partial charge in [-0.05, 0) is 18.6 Å². The number of fused-ring (bicyclic) bond motifs is 1. The fourth-order valence-electron chi connectivity index (χ4n) is 3.25. The number of carbonyl (C=O) groups is 1. The van der Waals surface area contributed by atoms with Gasteiger partial charge in [0.2, 0.25) is 5.91 Å². The van der Waals surface area contributed by atoms with E-state index in [9.17, 15) is 4.79 Å². The van der Waals surface area contributed by atoms with E-state index >= 15 is 0 Å². The zero-order valence-electron chi connectivity index (χ0n) is 13.5. The van der Waals surface area contributed by atoms with Crippen molar-refractivity contribution in [1.82, 2.24) is 14.5 Å². The molecule has 0 spiro atoms. The maximum absolute atomic E-state index is 12.3. The second kappa shape index (κ2) is 6.87. The fraction of sp³-hybridized carbons (Fsp3) is 0.444. The molecule has 1 fully saturated rings. The van der Waals surface area contributed by atoms with Gasteiger partial charge in [-0.15, -0.1) is 0 Å². The molecule has 4 nitrogen and oxygen atoms in total. The number of likely N-dealkylation sites (tertiary alicyclic amines) is 1. The number of hydrogen-bond acceptors (Lipinski definition) is 2. The van der Waals surface area contributed by atoms with Gasteiger partial charge in [0.1, 0.15) is 5.82 Å². The quantitative estimate of drug-likeness (QED) is 0.763. The minimum Gasteiger partial charge on any atom is -0.342 e. The lowest BCUT2D eigenvalue weighted by Crippen LogP contribution is -2.26. The largest absolute Gasteiger partial charge is 0.342 e. The molecule has 1 atom stereocenters. The fourth-order valence-corrected chi connectivity index (χ4v) is 3.50. The van der Waals surface area contributed by atoms with Crippen molar-refractivity contribution in [3.8, 4) is 0 Å². The van der Waals surface area contributed by atoms with E-state index in [1.807, 2.05) is 23.1 Å². The van der Waals surface area contributed by atoms with Gasteiger partial charge in [-0.25, -0.2) is 4.98 Å². The molecule has 122 valence electrons. The Morgan fingerprint density at radius 2 is 2.22 bits per heavy atom. The van der Waals surface area contributed by atoms with Crippen molar-refractivity contribution in [3.05, 3.63) is 41.2 Å². The zero-order chi connectivity index (χ0) is 16.4. The molecule has 5 heteroatoms. The van der Waals surface area contributed by atoms with Gasteiger partial charge in [0, 0.05) is 29.9 Å². The molecule has 1 aliphatic rings. The van der Waals surface area contributed by atoms with Crippen molar-refractivity contribution < 1.29 is 4.79 Å². The van der Waals surface area contributed by atoms with E-state index in [1.54, 1.807) is 0 Å². The van der Waals surface area contributed by atoms with Gasteiger partial charge in [-0.3, -0.25) is 4.79 Å². The third-order valence-corrected chi connectivity index (χ3v) is 4.63. The van der Waals surface area contributed by atoms with E-state index in [2.05, 4.69) is 40.1 Å². The van der Waals surface area contributed by atoms with Gasteiger partial charge in [0.05, 0.1) is 17.6 Å². The van der Waals surface area contributed by atoms with Crippen molar-refractivity contribution >= 4 is 32.9 Å². The van der Waals surface area contributed by atoms with E-state index < -0.39 is 0 Å². The summed E-state index contributed by atoms with van der Waals surface area (Å²) < 4.78 is 3.10. The van der Waals surface area contributed by atoms with Crippen LogP contribution in [0.5, 0.6) is 0 Å². The summed E-state index contributed by atoms with van der Waals surface area (Å²) in [6.45, 7) is 8.43. The SMILES string of the molecule is C=C(Br)Cn1c(C2CC(=O)N(CCCC)C2)nc2ccccc21. The third kappa shape index (κ3) is 3.34. The van der Waals surface area contributed by atoms with Crippen molar-refractivity contribution in [2.75, 3.05) is 13.1 Å². The second-order valence-corrected chi connectivity index (χ2v) is 7.28. The third-order valence-electron chi connectivity index (χ3n) is 4.37. The first-order chi connectivity index (χ1) is 11.1. The highest BCUT2D eigenvalue weighted by atomic mass is 79.9. The molecule has 0 saturated carbocycles. The van der Waals surface area contributed by atoms with Gasteiger partial charge in [-0.2, -0.15) is 0 Å². The number of para-hydroxylation sites is 2. The van der Waals surface area contributed by atoms with Crippen LogP contribution in [0.3, 0.4) is 0 Å². The number of nitrogens with zero attached hydrogens (tertiary/aromatic N) is 3. The average Bonchev–Trinajstić information content (AvgIpc) is 3.06. The average molecular weight is 376 g/mol. The number of allylic oxidation sites excluding steroid dienone is 1. The monoisotopic (exact) mass is 375 g/mol. The second-order valence-electron chi connectivity index (χ2n) is 6.16. The van der Waals surface area contributed by atoms with Crippen LogP contribution >= 0.6 is 15.9 Å². The molecule has 0 aliphatic carbocycles. The molecule has 23 heavy (non-hydrogen) atoms. The first-order valence-electron chi connectivity index (χ1n) is 8.16. The van der Waals surface area contributed by atoms with E-state index in [1.165, 1.54) is 0 Å². The smallest absolute Gasteiger partial charge is 0.223 e. The summed E-state index contributed by atoms with van der Waals surface area (Å²) in [5, 5.41) is 0. The molecule has 1 saturated heterocycles. The number of carbonyl (C=O) groups excluding carboxylic acids is 1. The molecule has 1 aliphatic heterocycles. The number of unbranched alkanes of at least 4 members (excludes halogenated alkanes) is 1. The van der Waals surface area contributed by atoms with Crippen LogP contribution in [-0.2, 0) is 11.3 Å². The number of aromatic nitrogens is 2. The van der Waals surface area contributed by atoms with Crippen LogP contribution < -0.4 is 0 Å². The van der Waals surface area contributed by atoms with Gasteiger partial charge in [-0.1, -0.05) is 48.0 Å². The maximum Gasteiger partial charge on any atom is 0.223 e. The van der Waals surface area contributed by atoms with Crippen molar-refractivity contribution in [2.45, 2.75) is 38.6 Å². The summed E-state index contributed by atoms with van der Waals surface area (Å²) in [5.74, 6) is 1.41. The highest BCUT2D eigenvalue weighted by molar-refractivity contribution is 9.11. The van der Waals surface area contributed by atoms with E-state index in [-0.39, 0.29) is 11.8 Å². The number of halogens is 1. The zero-order valence-corrected chi connectivity index (χ0v) is 15.1. The summed E-state index contributed by atoms with van der Waals surface area (Å²) in [6, 6.07) is 8.12. The van der Waals surface area contributed by atoms with Crippen molar-refractivity contribution in [1.29, 1.82) is 0 Å². The van der Waals surface area contributed by atoms with E-state index in [4.69, 9.17) is 4.98 Å². The van der Waals surface area contributed by atoms with Crippen molar-refractivity contribution in [2.24, 2.45) is 0 Å². The molecule has 2 aromatic rings. The lowest BCUT2D eigenvalue weighted by molar-refractivity contribution is -0.127. The molecule has 1 unspecified atom stereocenters. The van der Waals surface area contributed by atoms with E-state index in [0.717, 1.165) is 47.3 Å². The standard InChI is InChI=1S/C18H22BrN3O/c1-3-4-9-21-12-14(10-17(21)23)18-20-15-7-5-6-8-16(15)22(18)11-13(2)19/h5-8,14H,2-4,9-12H2,1H3. The Balaban J connectivity index is 1.93. The molecular formula is C18H22BrN3O. The summed E-state index contributed by atoms with van der Waals surface area (Å²) in [4.78, 5) is 19.1. The van der Waals surface area contributed by atoms with Gasteiger partial charge < -0.3 is 9.47 Å². The first kappa shape index (κ1) is 16.2. The molecular weight excluding hydrogens is 354 g/mol. The lowest BCUT2D eigenvalue weighted by Gasteiger charge is -2.16. The minimum absolute atomic E-state index is 0.165. The van der Waals surface area contributed by atoms with Crippen LogP contribution in [0.2, 0.25) is 0 Å². The van der Waals surface area contributed by atoms with E-state index in [0.29, 0.717) is 13.0 Å². The Labute approximate surface area is 145 Å². The predicted molar refractivity (Wildman–Crippen MR) is 96.6 cm³/mol. The van der Waals surface area contributed by atoms with Crippen LogP contribution in [0.25, 0.3) is 11.0 Å². The minimum atomic E-state index is 0.165. The number of rotatable bonds is 6. The summed E-state index contributed by atoms with van der Waals surface area (Å²) in [6.07, 6.45) is 2.73. The maximum atomic E-state index is 12.3. The van der Waals surface area contributed by atoms with Crippen LogP contribution in [0.15, 0.2) is 35.3 Å². The first-order valence-corrected chi connectivity index (χ1v) is 8.95. The normalized spacial score (nSPS) is 18.1. The van der Waals surface area contributed by atoms with Gasteiger partial charge in [0.15, 0.2) is 0 Å². The highest BCUT2D eigenvalue weighted by Crippen LogP contribution is 2.31. The summed E-state index contributed by atoms with van der Waals surface area (Å²) in [5.41, 5.74) is 2.08. The Morgan fingerprint density at radius 3 is 2.96 bits per heavy atom. The predicted octanol–water partition coefficient (Wildman–Crippen LogP) is 4.06. The summed E-state index contributed by atoms with van der Waals surface area (Å²) in [7, 11) is 0. The molecule has 1 amide bonds. The topological polar surface area (TPSA) is 38.1 Å². The highest BCUT2D eigenvalue weighted by Gasteiger charge is 2.33. The Kier molecular flexibility index (Phi) is 4.85. The number of amides is 1. The molecule has 3 rings (SSSR count). The number of hydrogen-bond donors (Lipinski definition) is 0. The molecule has 0 radical (unpaired) electrons. The van der Waals surface area contributed by atoms with Gasteiger partial charge in [0.25, 0.3) is 0 Å². The molecule has 1 aromatic carbocycles. The molecule has 1 aromatic heterocycles. The van der Waals surface area contributed by atoms with Gasteiger partial charge >= 0.3 is 0 Å². The molecule has 0 bridgehead atoms. The van der Waals surface area contributed by atoms with Crippen LogP contribution in [0.4, 0.5) is 0 Å². The Hall–Kier alpha value is -1.62. The summed E-state index contributed by atoms with van der Waals surface area (Å²) >= 11 is 3.46. The van der Waals surface area contributed by atoms with Crippen molar-refractivity contribution in [3.63, 3.8) is 0 Å². The number of imidazole rings is 1.